The topological polar surface area (TPSA) is 93.7 Å². The molecule has 2 rings (SSSR count). The maximum absolute atomic E-state index is 12.2. The van der Waals surface area contributed by atoms with E-state index in [4.69, 9.17) is 9.47 Å². The monoisotopic (exact) mass is 378 g/mol. The van der Waals surface area contributed by atoms with Crippen LogP contribution in [0.2, 0.25) is 0 Å². The first-order valence-electron chi connectivity index (χ1n) is 8.36. The van der Waals surface area contributed by atoms with Crippen molar-refractivity contribution in [2.45, 2.75) is 31.2 Å². The van der Waals surface area contributed by atoms with Gasteiger partial charge in [-0.25, -0.2) is 9.59 Å². The Balaban J connectivity index is 2.01. The number of carbonyl (C=O) groups is 3. The van der Waals surface area contributed by atoms with E-state index in [0.29, 0.717) is 6.42 Å². The van der Waals surface area contributed by atoms with Crippen LogP contribution in [0.4, 0.5) is 4.79 Å². The molecule has 1 heterocycles. The third-order valence-electron chi connectivity index (χ3n) is 3.62. The number of carbonyl (C=O) groups excluding carboxylic acids is 3. The average Bonchev–Trinajstić information content (AvgIpc) is 2.65. The van der Waals surface area contributed by atoms with Gasteiger partial charge in [-0.2, -0.15) is 0 Å². The van der Waals surface area contributed by atoms with Crippen molar-refractivity contribution in [2.75, 3.05) is 19.0 Å². The summed E-state index contributed by atoms with van der Waals surface area (Å²) in [6, 6.07) is 8.57. The second-order valence-electron chi connectivity index (χ2n) is 5.43. The van der Waals surface area contributed by atoms with Crippen molar-refractivity contribution in [3.05, 3.63) is 41.6 Å². The van der Waals surface area contributed by atoms with Gasteiger partial charge in [-0.15, -0.1) is 11.8 Å². The lowest BCUT2D eigenvalue weighted by Crippen LogP contribution is -2.51. The molecule has 0 unspecified atom stereocenters. The Bertz CT molecular complexity index is 690. The molecule has 7 nitrogen and oxygen atoms in total. The molecule has 0 aliphatic carbocycles. The highest BCUT2D eigenvalue weighted by molar-refractivity contribution is 8.00. The molecule has 1 atom stereocenters. The molecule has 0 saturated carbocycles. The molecule has 0 bridgehead atoms. The minimum absolute atomic E-state index is 0.134. The van der Waals surface area contributed by atoms with Crippen LogP contribution in [0, 0.1) is 0 Å². The van der Waals surface area contributed by atoms with Crippen molar-refractivity contribution in [3.8, 4) is 0 Å². The van der Waals surface area contributed by atoms with Gasteiger partial charge in [-0.1, -0.05) is 25.1 Å². The number of thioether (sulfide) groups is 1. The predicted molar refractivity (Wildman–Crippen MR) is 97.5 cm³/mol. The quantitative estimate of drug-likeness (QED) is 0.532. The third kappa shape index (κ3) is 5.52. The van der Waals surface area contributed by atoms with E-state index in [1.807, 2.05) is 37.3 Å². The van der Waals surface area contributed by atoms with Crippen LogP contribution in [0.25, 0.3) is 0 Å². The normalized spacial score (nSPS) is 16.5. The van der Waals surface area contributed by atoms with Crippen molar-refractivity contribution < 1.29 is 23.9 Å². The largest absolute Gasteiger partial charge is 0.463 e. The number of nitrogens with one attached hydrogen (secondary N) is 2. The summed E-state index contributed by atoms with van der Waals surface area (Å²) in [7, 11) is 0. The molecule has 0 radical (unpaired) electrons. The minimum Gasteiger partial charge on any atom is -0.463 e. The van der Waals surface area contributed by atoms with Gasteiger partial charge in [-0.05, 0) is 25.5 Å². The fourth-order valence-corrected chi connectivity index (χ4v) is 3.15. The number of amides is 2. The molecule has 1 aliphatic heterocycles. The summed E-state index contributed by atoms with van der Waals surface area (Å²) in [4.78, 5) is 36.9. The van der Waals surface area contributed by atoms with Crippen molar-refractivity contribution in [2.24, 2.45) is 0 Å². The van der Waals surface area contributed by atoms with Gasteiger partial charge in [0.25, 0.3) is 0 Å². The molecule has 1 aromatic carbocycles. The number of urea groups is 1. The molecule has 140 valence electrons. The van der Waals surface area contributed by atoms with E-state index < -0.39 is 24.0 Å². The number of benzene rings is 1. The lowest BCUT2D eigenvalue weighted by molar-refractivity contribution is -0.141. The molecule has 0 fully saturated rings. The standard InChI is InChI=1S/C18H22N2O5S/c1-3-13-16(17(22)24-4-2)14(20-18(23)19-13)10-25-15(21)11-26-12-8-6-5-7-9-12/h5-9,13H,3-4,10-11H2,1-2H3,(H2,19,20,23)/t13-/m1/s1. The van der Waals surface area contributed by atoms with Crippen LogP contribution < -0.4 is 10.6 Å². The number of hydrogen-bond donors (Lipinski definition) is 2. The molecule has 0 aromatic heterocycles. The first kappa shape index (κ1) is 19.8. The summed E-state index contributed by atoms with van der Waals surface area (Å²) in [5, 5.41) is 5.21. The van der Waals surface area contributed by atoms with Crippen LogP contribution in [0.1, 0.15) is 20.3 Å². The Labute approximate surface area is 156 Å². The zero-order valence-corrected chi connectivity index (χ0v) is 15.6. The van der Waals surface area contributed by atoms with Gasteiger partial charge in [0, 0.05) is 4.90 Å². The first-order valence-corrected chi connectivity index (χ1v) is 9.34. The summed E-state index contributed by atoms with van der Waals surface area (Å²) in [5.74, 6) is -0.831. The molecule has 1 aromatic rings. The maximum Gasteiger partial charge on any atom is 0.338 e. The van der Waals surface area contributed by atoms with Crippen LogP contribution >= 0.6 is 11.8 Å². The molecule has 26 heavy (non-hydrogen) atoms. The molecule has 2 N–H and O–H groups in total. The van der Waals surface area contributed by atoms with Crippen molar-refractivity contribution in [3.63, 3.8) is 0 Å². The molecule has 0 spiro atoms. The summed E-state index contributed by atoms with van der Waals surface area (Å²) < 4.78 is 10.3. The molecule has 8 heteroatoms. The van der Waals surface area contributed by atoms with E-state index in [1.54, 1.807) is 6.92 Å². The van der Waals surface area contributed by atoms with E-state index in [-0.39, 0.29) is 30.2 Å². The Morgan fingerprint density at radius 1 is 1.15 bits per heavy atom. The third-order valence-corrected chi connectivity index (χ3v) is 4.61. The number of esters is 2. The second-order valence-corrected chi connectivity index (χ2v) is 6.48. The number of hydrogen-bond acceptors (Lipinski definition) is 6. The van der Waals surface area contributed by atoms with E-state index >= 15 is 0 Å². The van der Waals surface area contributed by atoms with Gasteiger partial charge in [-0.3, -0.25) is 4.79 Å². The fraction of sp³-hybridized carbons (Fsp3) is 0.389. The van der Waals surface area contributed by atoms with E-state index in [9.17, 15) is 14.4 Å². The molecule has 0 saturated heterocycles. The molecule has 1 aliphatic rings. The van der Waals surface area contributed by atoms with Crippen LogP contribution in [-0.2, 0) is 19.1 Å². The SMILES string of the molecule is CCOC(=O)C1=C(COC(=O)CSc2ccccc2)NC(=O)N[C@@H]1CC. The van der Waals surface area contributed by atoms with Crippen LogP contribution in [0.3, 0.4) is 0 Å². The van der Waals surface area contributed by atoms with Gasteiger partial charge < -0.3 is 20.1 Å². The predicted octanol–water partition coefficient (Wildman–Crippen LogP) is 2.23. The highest BCUT2D eigenvalue weighted by Crippen LogP contribution is 2.19. The van der Waals surface area contributed by atoms with Gasteiger partial charge >= 0.3 is 18.0 Å². The minimum atomic E-state index is -0.531. The maximum atomic E-state index is 12.2. The Morgan fingerprint density at radius 2 is 1.88 bits per heavy atom. The van der Waals surface area contributed by atoms with Crippen LogP contribution in [-0.4, -0.2) is 43.0 Å². The Kier molecular flexibility index (Phi) is 7.53. The second kappa shape index (κ2) is 9.86. The summed E-state index contributed by atoms with van der Waals surface area (Å²) in [5.41, 5.74) is 0.551. The first-order chi connectivity index (χ1) is 12.5. The summed E-state index contributed by atoms with van der Waals surface area (Å²) in [6.07, 6.45) is 0.517. The zero-order valence-electron chi connectivity index (χ0n) is 14.7. The van der Waals surface area contributed by atoms with E-state index in [2.05, 4.69) is 10.6 Å². The summed E-state index contributed by atoms with van der Waals surface area (Å²) >= 11 is 1.35. The van der Waals surface area contributed by atoms with Gasteiger partial charge in [0.2, 0.25) is 0 Å². The Hall–Kier alpha value is -2.48. The molecular weight excluding hydrogens is 356 g/mol. The van der Waals surface area contributed by atoms with Crippen LogP contribution in [0.5, 0.6) is 0 Å². The molecule has 2 amide bonds. The Morgan fingerprint density at radius 3 is 2.54 bits per heavy atom. The number of ether oxygens (including phenoxy) is 2. The fourth-order valence-electron chi connectivity index (χ4n) is 2.43. The van der Waals surface area contributed by atoms with Gasteiger partial charge in [0.15, 0.2) is 0 Å². The van der Waals surface area contributed by atoms with Gasteiger partial charge in [0.05, 0.1) is 29.7 Å². The van der Waals surface area contributed by atoms with E-state index in [0.717, 1.165) is 4.90 Å². The molecular formula is C18H22N2O5S. The highest BCUT2D eigenvalue weighted by Gasteiger charge is 2.31. The lowest BCUT2D eigenvalue weighted by Gasteiger charge is -2.28. The van der Waals surface area contributed by atoms with Crippen molar-refractivity contribution in [1.82, 2.24) is 10.6 Å². The van der Waals surface area contributed by atoms with E-state index in [1.165, 1.54) is 11.8 Å². The van der Waals surface area contributed by atoms with Crippen molar-refractivity contribution in [1.29, 1.82) is 0 Å². The smallest absolute Gasteiger partial charge is 0.338 e. The average molecular weight is 378 g/mol. The zero-order chi connectivity index (χ0) is 18.9. The van der Waals surface area contributed by atoms with Gasteiger partial charge in [0.1, 0.15) is 6.61 Å². The lowest BCUT2D eigenvalue weighted by atomic mass is 10.0. The number of rotatable bonds is 8. The summed E-state index contributed by atoms with van der Waals surface area (Å²) in [6.45, 7) is 3.57. The van der Waals surface area contributed by atoms with Crippen LogP contribution in [0.15, 0.2) is 46.5 Å². The highest BCUT2D eigenvalue weighted by atomic mass is 32.2. The van der Waals surface area contributed by atoms with Crippen molar-refractivity contribution >= 4 is 29.7 Å².